The number of rotatable bonds is 8. The van der Waals surface area contributed by atoms with Gasteiger partial charge >= 0.3 is 17.9 Å². The molecule has 0 fully saturated rings. The van der Waals surface area contributed by atoms with Crippen molar-refractivity contribution in [3.8, 4) is 0 Å². The third-order valence-corrected chi connectivity index (χ3v) is 3.72. The average molecular weight is 401 g/mol. The summed E-state index contributed by atoms with van der Waals surface area (Å²) < 4.78 is 15.0. The molecular formula is C20H23N3O6. The van der Waals surface area contributed by atoms with Crippen LogP contribution in [0.2, 0.25) is 0 Å². The van der Waals surface area contributed by atoms with E-state index in [4.69, 9.17) is 19.9 Å². The topological polar surface area (TPSA) is 130 Å². The van der Waals surface area contributed by atoms with E-state index in [1.807, 2.05) is 0 Å². The summed E-state index contributed by atoms with van der Waals surface area (Å²) in [6.45, 7) is 5.47. The van der Waals surface area contributed by atoms with E-state index in [1.54, 1.807) is 45.0 Å². The maximum Gasteiger partial charge on any atom is 0.341 e. The SMILES string of the molecule is CCOC(=O)c1ccccc1Nc1nc(N)c(C(=O)OCC)cc1C(=O)OCC. The van der Waals surface area contributed by atoms with E-state index in [0.717, 1.165) is 0 Å². The number of anilines is 3. The lowest BCUT2D eigenvalue weighted by Crippen LogP contribution is -2.16. The van der Waals surface area contributed by atoms with Gasteiger partial charge in [-0.15, -0.1) is 0 Å². The van der Waals surface area contributed by atoms with Gasteiger partial charge in [-0.05, 0) is 39.0 Å². The van der Waals surface area contributed by atoms with E-state index in [1.165, 1.54) is 6.07 Å². The van der Waals surface area contributed by atoms with E-state index in [-0.39, 0.29) is 48.1 Å². The Morgan fingerprint density at radius 3 is 1.97 bits per heavy atom. The van der Waals surface area contributed by atoms with Gasteiger partial charge in [-0.2, -0.15) is 0 Å². The molecule has 9 heteroatoms. The molecule has 0 aliphatic rings. The second-order valence-corrected chi connectivity index (χ2v) is 5.65. The number of ether oxygens (including phenoxy) is 3. The Morgan fingerprint density at radius 1 is 0.862 bits per heavy atom. The fraction of sp³-hybridized carbons (Fsp3) is 0.300. The molecule has 1 heterocycles. The number of pyridine rings is 1. The molecule has 0 saturated heterocycles. The fourth-order valence-corrected chi connectivity index (χ4v) is 2.47. The van der Waals surface area contributed by atoms with E-state index in [9.17, 15) is 14.4 Å². The lowest BCUT2D eigenvalue weighted by atomic mass is 10.1. The van der Waals surface area contributed by atoms with Crippen LogP contribution in [0.3, 0.4) is 0 Å². The summed E-state index contributed by atoms with van der Waals surface area (Å²) in [7, 11) is 0. The number of nitrogens with one attached hydrogen (secondary N) is 1. The van der Waals surface area contributed by atoms with Gasteiger partial charge in [0.15, 0.2) is 0 Å². The number of para-hydroxylation sites is 1. The molecule has 0 unspecified atom stereocenters. The van der Waals surface area contributed by atoms with Crippen molar-refractivity contribution >= 4 is 35.2 Å². The molecule has 9 nitrogen and oxygen atoms in total. The maximum absolute atomic E-state index is 12.4. The van der Waals surface area contributed by atoms with E-state index in [0.29, 0.717) is 5.69 Å². The summed E-state index contributed by atoms with van der Waals surface area (Å²) in [6.07, 6.45) is 0. The number of carbonyl (C=O) groups is 3. The number of esters is 3. The van der Waals surface area contributed by atoms with Crippen molar-refractivity contribution in [2.24, 2.45) is 0 Å². The molecule has 0 aliphatic heterocycles. The molecule has 0 spiro atoms. The van der Waals surface area contributed by atoms with Crippen molar-refractivity contribution in [3.05, 3.63) is 47.0 Å². The first kappa shape index (κ1) is 21.7. The first-order valence-corrected chi connectivity index (χ1v) is 9.10. The van der Waals surface area contributed by atoms with Gasteiger partial charge in [0.2, 0.25) is 0 Å². The van der Waals surface area contributed by atoms with Gasteiger partial charge in [0, 0.05) is 0 Å². The quantitative estimate of drug-likeness (QED) is 0.506. The van der Waals surface area contributed by atoms with E-state index < -0.39 is 17.9 Å². The molecule has 3 N–H and O–H groups in total. The Morgan fingerprint density at radius 2 is 1.38 bits per heavy atom. The predicted octanol–water partition coefficient (Wildman–Crippen LogP) is 2.94. The van der Waals surface area contributed by atoms with Gasteiger partial charge in [0.25, 0.3) is 0 Å². The van der Waals surface area contributed by atoms with Crippen LogP contribution in [-0.4, -0.2) is 42.7 Å². The first-order chi connectivity index (χ1) is 13.9. The standard InChI is InChI=1S/C20H23N3O6/c1-4-27-18(24)12-9-7-8-10-15(12)22-17-14(20(26)29-6-3)11-13(16(21)23-17)19(25)28-5-2/h7-11H,4-6H2,1-3H3,(H3,21,22,23). The second-order valence-electron chi connectivity index (χ2n) is 5.65. The van der Waals surface area contributed by atoms with Crippen LogP contribution < -0.4 is 11.1 Å². The molecule has 1 aromatic heterocycles. The normalized spacial score (nSPS) is 10.2. The van der Waals surface area contributed by atoms with Crippen LogP contribution in [0.5, 0.6) is 0 Å². The highest BCUT2D eigenvalue weighted by atomic mass is 16.5. The van der Waals surface area contributed by atoms with E-state index >= 15 is 0 Å². The Hall–Kier alpha value is -3.62. The summed E-state index contributed by atoms with van der Waals surface area (Å²) in [5.41, 5.74) is 6.42. The highest BCUT2D eigenvalue weighted by Crippen LogP contribution is 2.27. The molecule has 0 radical (unpaired) electrons. The molecular weight excluding hydrogens is 378 g/mol. The van der Waals surface area contributed by atoms with Crippen LogP contribution in [0.15, 0.2) is 30.3 Å². The van der Waals surface area contributed by atoms with Crippen molar-refractivity contribution in [2.75, 3.05) is 30.9 Å². The van der Waals surface area contributed by atoms with E-state index in [2.05, 4.69) is 10.3 Å². The number of nitrogens with two attached hydrogens (primary N) is 1. The highest BCUT2D eigenvalue weighted by molar-refractivity contribution is 6.03. The summed E-state index contributed by atoms with van der Waals surface area (Å²) >= 11 is 0. The number of carbonyl (C=O) groups excluding carboxylic acids is 3. The molecule has 0 saturated carbocycles. The summed E-state index contributed by atoms with van der Waals surface area (Å²) in [4.78, 5) is 40.9. The second kappa shape index (κ2) is 10.1. The average Bonchev–Trinajstić information content (AvgIpc) is 2.69. The number of nitrogens with zero attached hydrogens (tertiary/aromatic N) is 1. The van der Waals surface area contributed by atoms with Crippen LogP contribution in [0.1, 0.15) is 51.8 Å². The lowest BCUT2D eigenvalue weighted by molar-refractivity contribution is 0.0514. The summed E-state index contributed by atoms with van der Waals surface area (Å²) in [5, 5.41) is 2.91. The van der Waals surface area contributed by atoms with Gasteiger partial charge in [-0.25, -0.2) is 19.4 Å². The maximum atomic E-state index is 12.4. The zero-order chi connectivity index (χ0) is 21.4. The van der Waals surface area contributed by atoms with Crippen LogP contribution in [0.4, 0.5) is 17.3 Å². The van der Waals surface area contributed by atoms with Gasteiger partial charge in [-0.3, -0.25) is 0 Å². The minimum atomic E-state index is -0.707. The molecule has 0 atom stereocenters. The highest BCUT2D eigenvalue weighted by Gasteiger charge is 2.23. The minimum Gasteiger partial charge on any atom is -0.462 e. The van der Waals surface area contributed by atoms with Gasteiger partial charge < -0.3 is 25.3 Å². The van der Waals surface area contributed by atoms with Crippen molar-refractivity contribution in [1.82, 2.24) is 4.98 Å². The predicted molar refractivity (Wildman–Crippen MR) is 106 cm³/mol. The number of hydrogen-bond acceptors (Lipinski definition) is 9. The van der Waals surface area contributed by atoms with Crippen molar-refractivity contribution in [2.45, 2.75) is 20.8 Å². The van der Waals surface area contributed by atoms with Crippen LogP contribution >= 0.6 is 0 Å². The molecule has 2 aromatic rings. The fourth-order valence-electron chi connectivity index (χ4n) is 2.47. The van der Waals surface area contributed by atoms with Crippen molar-refractivity contribution in [1.29, 1.82) is 0 Å². The Bertz CT molecular complexity index is 913. The van der Waals surface area contributed by atoms with Crippen molar-refractivity contribution in [3.63, 3.8) is 0 Å². The third-order valence-electron chi connectivity index (χ3n) is 3.72. The molecule has 0 bridgehead atoms. The number of aromatic nitrogens is 1. The number of hydrogen-bond donors (Lipinski definition) is 2. The summed E-state index contributed by atoms with van der Waals surface area (Å²) in [6, 6.07) is 7.83. The monoisotopic (exact) mass is 401 g/mol. The van der Waals surface area contributed by atoms with Gasteiger partial charge in [0.1, 0.15) is 22.8 Å². The smallest absolute Gasteiger partial charge is 0.341 e. The minimum absolute atomic E-state index is 0.0252. The van der Waals surface area contributed by atoms with Crippen LogP contribution in [-0.2, 0) is 14.2 Å². The molecule has 1 aromatic carbocycles. The molecule has 2 rings (SSSR count). The number of benzene rings is 1. The van der Waals surface area contributed by atoms with Crippen LogP contribution in [0, 0.1) is 0 Å². The Kier molecular flexibility index (Phi) is 7.53. The first-order valence-electron chi connectivity index (χ1n) is 9.10. The Labute approximate surface area is 168 Å². The van der Waals surface area contributed by atoms with Crippen molar-refractivity contribution < 1.29 is 28.6 Å². The largest absolute Gasteiger partial charge is 0.462 e. The molecule has 0 aliphatic carbocycles. The zero-order valence-corrected chi connectivity index (χ0v) is 16.5. The molecule has 0 amide bonds. The summed E-state index contributed by atoms with van der Waals surface area (Å²) in [5.74, 6) is -2.05. The third kappa shape index (κ3) is 5.22. The molecule has 154 valence electrons. The molecule has 29 heavy (non-hydrogen) atoms. The van der Waals surface area contributed by atoms with Crippen LogP contribution in [0.25, 0.3) is 0 Å². The Balaban J connectivity index is 2.52. The van der Waals surface area contributed by atoms with Gasteiger partial charge in [0.05, 0.1) is 31.1 Å². The lowest BCUT2D eigenvalue weighted by Gasteiger charge is -2.15. The van der Waals surface area contributed by atoms with Gasteiger partial charge in [-0.1, -0.05) is 12.1 Å². The zero-order valence-electron chi connectivity index (χ0n) is 16.5. The number of nitrogen functional groups attached to an aromatic ring is 1.